The minimum Gasteiger partial charge on any atom is -0.385 e. The van der Waals surface area contributed by atoms with E-state index in [0.29, 0.717) is 6.54 Å². The molecule has 1 rings (SSSR count). The molecule has 0 bridgehead atoms. The van der Waals surface area contributed by atoms with E-state index in [0.717, 1.165) is 26.1 Å². The first-order chi connectivity index (χ1) is 7.34. The van der Waals surface area contributed by atoms with Crippen LogP contribution in [0.5, 0.6) is 0 Å². The fraction of sp³-hybridized carbons (Fsp3) is 0.600. The average molecular weight is 211 g/mol. The predicted octanol–water partition coefficient (Wildman–Crippen LogP) is -0.131. The van der Waals surface area contributed by atoms with Crippen LogP contribution in [0.1, 0.15) is 6.42 Å². The maximum absolute atomic E-state index is 11.2. The molecular weight excluding hydrogens is 194 g/mol. The SMILES string of the molecule is COCCCNCCn1ncccc1=O. The maximum atomic E-state index is 11.2. The minimum atomic E-state index is -0.0591. The second kappa shape index (κ2) is 7.14. The van der Waals surface area contributed by atoms with Crippen LogP contribution in [0, 0.1) is 0 Å². The second-order valence-electron chi connectivity index (χ2n) is 3.18. The zero-order chi connectivity index (χ0) is 10.9. The second-order valence-corrected chi connectivity index (χ2v) is 3.18. The lowest BCUT2D eigenvalue weighted by atomic mass is 10.4. The van der Waals surface area contributed by atoms with Crippen molar-refractivity contribution in [2.45, 2.75) is 13.0 Å². The highest BCUT2D eigenvalue weighted by atomic mass is 16.5. The topological polar surface area (TPSA) is 56.1 Å². The normalized spacial score (nSPS) is 10.5. The third kappa shape index (κ3) is 4.71. The van der Waals surface area contributed by atoms with Crippen molar-refractivity contribution in [3.05, 3.63) is 28.7 Å². The molecule has 0 amide bonds. The molecule has 0 fully saturated rings. The van der Waals surface area contributed by atoms with Crippen LogP contribution in [0.3, 0.4) is 0 Å². The van der Waals surface area contributed by atoms with Crippen LogP contribution in [0.15, 0.2) is 23.1 Å². The van der Waals surface area contributed by atoms with E-state index in [4.69, 9.17) is 4.74 Å². The van der Waals surface area contributed by atoms with E-state index in [1.54, 1.807) is 19.4 Å². The first kappa shape index (κ1) is 11.9. The molecule has 5 nitrogen and oxygen atoms in total. The molecule has 1 N–H and O–H groups in total. The van der Waals surface area contributed by atoms with Crippen molar-refractivity contribution in [2.24, 2.45) is 0 Å². The molecule has 15 heavy (non-hydrogen) atoms. The van der Waals surface area contributed by atoms with Gasteiger partial charge in [-0.25, -0.2) is 4.68 Å². The van der Waals surface area contributed by atoms with Crippen molar-refractivity contribution in [3.63, 3.8) is 0 Å². The molecule has 0 aliphatic carbocycles. The molecule has 0 saturated heterocycles. The van der Waals surface area contributed by atoms with Crippen LogP contribution < -0.4 is 10.9 Å². The molecule has 0 aliphatic heterocycles. The van der Waals surface area contributed by atoms with Crippen molar-refractivity contribution in [1.29, 1.82) is 0 Å². The Balaban J connectivity index is 2.15. The van der Waals surface area contributed by atoms with E-state index in [2.05, 4.69) is 10.4 Å². The Morgan fingerprint density at radius 3 is 3.13 bits per heavy atom. The molecule has 0 saturated carbocycles. The summed E-state index contributed by atoms with van der Waals surface area (Å²) in [4.78, 5) is 11.2. The number of methoxy groups -OCH3 is 1. The Bertz CT molecular complexity index is 324. The van der Waals surface area contributed by atoms with Crippen molar-refractivity contribution < 1.29 is 4.74 Å². The monoisotopic (exact) mass is 211 g/mol. The Labute approximate surface area is 89.1 Å². The third-order valence-electron chi connectivity index (χ3n) is 1.99. The smallest absolute Gasteiger partial charge is 0.266 e. The molecule has 84 valence electrons. The van der Waals surface area contributed by atoms with Gasteiger partial charge in [-0.05, 0) is 19.0 Å². The van der Waals surface area contributed by atoms with E-state index < -0.39 is 0 Å². The molecule has 0 radical (unpaired) electrons. The van der Waals surface area contributed by atoms with Gasteiger partial charge in [-0.2, -0.15) is 5.10 Å². The van der Waals surface area contributed by atoms with Crippen LogP contribution in [0.25, 0.3) is 0 Å². The van der Waals surface area contributed by atoms with Crippen LogP contribution >= 0.6 is 0 Å². The van der Waals surface area contributed by atoms with Gasteiger partial charge in [-0.15, -0.1) is 0 Å². The van der Waals surface area contributed by atoms with Gasteiger partial charge in [0.15, 0.2) is 0 Å². The fourth-order valence-corrected chi connectivity index (χ4v) is 1.21. The van der Waals surface area contributed by atoms with Gasteiger partial charge in [0, 0.05) is 32.5 Å². The molecule has 1 aromatic heterocycles. The highest BCUT2D eigenvalue weighted by Crippen LogP contribution is 1.78. The summed E-state index contributed by atoms with van der Waals surface area (Å²) in [5, 5.41) is 7.17. The van der Waals surface area contributed by atoms with Gasteiger partial charge in [0.2, 0.25) is 0 Å². The number of hydrogen-bond acceptors (Lipinski definition) is 4. The van der Waals surface area contributed by atoms with E-state index in [1.807, 2.05) is 0 Å². The molecule has 0 aliphatic rings. The lowest BCUT2D eigenvalue weighted by Crippen LogP contribution is -2.28. The lowest BCUT2D eigenvalue weighted by molar-refractivity contribution is 0.194. The quantitative estimate of drug-likeness (QED) is 0.638. The van der Waals surface area contributed by atoms with Crippen LogP contribution in [-0.4, -0.2) is 36.6 Å². The van der Waals surface area contributed by atoms with Crippen molar-refractivity contribution in [3.8, 4) is 0 Å². The highest BCUT2D eigenvalue weighted by molar-refractivity contribution is 4.84. The zero-order valence-electron chi connectivity index (χ0n) is 8.98. The molecule has 0 unspecified atom stereocenters. The molecule has 0 aromatic carbocycles. The van der Waals surface area contributed by atoms with Crippen LogP contribution in [-0.2, 0) is 11.3 Å². The maximum Gasteiger partial charge on any atom is 0.266 e. The van der Waals surface area contributed by atoms with Gasteiger partial charge in [-0.1, -0.05) is 0 Å². The average Bonchev–Trinajstić information content (AvgIpc) is 2.25. The fourth-order valence-electron chi connectivity index (χ4n) is 1.21. The summed E-state index contributed by atoms with van der Waals surface area (Å²) in [6.07, 6.45) is 2.60. The number of rotatable bonds is 7. The summed E-state index contributed by atoms with van der Waals surface area (Å²) < 4.78 is 6.37. The Kier molecular flexibility index (Phi) is 5.65. The molecular formula is C10H17N3O2. The van der Waals surface area contributed by atoms with E-state index in [-0.39, 0.29) is 5.56 Å². The van der Waals surface area contributed by atoms with Crippen molar-refractivity contribution >= 4 is 0 Å². The highest BCUT2D eigenvalue weighted by Gasteiger charge is 1.94. The molecule has 1 heterocycles. The van der Waals surface area contributed by atoms with E-state index in [1.165, 1.54) is 10.7 Å². The molecule has 1 aromatic rings. The third-order valence-corrected chi connectivity index (χ3v) is 1.99. The predicted molar refractivity (Wildman–Crippen MR) is 57.9 cm³/mol. The first-order valence-corrected chi connectivity index (χ1v) is 5.06. The Hall–Kier alpha value is -1.20. The van der Waals surface area contributed by atoms with Crippen LogP contribution in [0.4, 0.5) is 0 Å². The van der Waals surface area contributed by atoms with E-state index in [9.17, 15) is 4.79 Å². The van der Waals surface area contributed by atoms with E-state index >= 15 is 0 Å². The summed E-state index contributed by atoms with van der Waals surface area (Å²) in [5.41, 5.74) is -0.0591. The summed E-state index contributed by atoms with van der Waals surface area (Å²) >= 11 is 0. The number of hydrogen-bond donors (Lipinski definition) is 1. The first-order valence-electron chi connectivity index (χ1n) is 5.06. The standard InChI is InChI=1S/C10H17N3O2/c1-15-9-3-5-11-7-8-13-10(14)4-2-6-12-13/h2,4,6,11H,3,5,7-9H2,1H3. The molecule has 0 atom stereocenters. The summed E-state index contributed by atoms with van der Waals surface area (Å²) in [7, 11) is 1.69. The largest absolute Gasteiger partial charge is 0.385 e. The van der Waals surface area contributed by atoms with Gasteiger partial charge >= 0.3 is 0 Å². The number of ether oxygens (including phenoxy) is 1. The Morgan fingerprint density at radius 1 is 1.53 bits per heavy atom. The Morgan fingerprint density at radius 2 is 2.40 bits per heavy atom. The number of nitrogens with one attached hydrogen (secondary N) is 1. The lowest BCUT2D eigenvalue weighted by Gasteiger charge is -2.05. The molecule has 0 spiro atoms. The van der Waals surface area contributed by atoms with Gasteiger partial charge in [-0.3, -0.25) is 4.79 Å². The summed E-state index contributed by atoms with van der Waals surface area (Å²) in [5.74, 6) is 0. The summed E-state index contributed by atoms with van der Waals surface area (Å²) in [6.45, 7) is 3.01. The number of aromatic nitrogens is 2. The zero-order valence-corrected chi connectivity index (χ0v) is 8.98. The van der Waals surface area contributed by atoms with Crippen LogP contribution in [0.2, 0.25) is 0 Å². The minimum absolute atomic E-state index is 0.0591. The number of nitrogens with zero attached hydrogens (tertiary/aromatic N) is 2. The molecule has 5 heteroatoms. The van der Waals surface area contributed by atoms with Crippen molar-refractivity contribution in [2.75, 3.05) is 26.8 Å². The van der Waals surface area contributed by atoms with Gasteiger partial charge in [0.1, 0.15) is 0 Å². The summed E-state index contributed by atoms with van der Waals surface area (Å²) in [6, 6.07) is 3.16. The van der Waals surface area contributed by atoms with Crippen molar-refractivity contribution in [1.82, 2.24) is 15.1 Å². The van der Waals surface area contributed by atoms with Gasteiger partial charge in [0.05, 0.1) is 6.54 Å². The van der Waals surface area contributed by atoms with Gasteiger partial charge in [0.25, 0.3) is 5.56 Å². The van der Waals surface area contributed by atoms with Gasteiger partial charge < -0.3 is 10.1 Å².